The van der Waals surface area contributed by atoms with Gasteiger partial charge in [0.05, 0.1) is 19.1 Å². The molecule has 0 N–H and O–H groups in total. The number of aldehydes is 1. The minimum Gasteiger partial charge on any atom is -0.450 e. The summed E-state index contributed by atoms with van der Waals surface area (Å²) in [7, 11) is -1.22. The molecule has 17 heavy (non-hydrogen) atoms. The van der Waals surface area contributed by atoms with E-state index in [-0.39, 0.29) is 13.1 Å². The van der Waals surface area contributed by atoms with E-state index >= 15 is 0 Å². The van der Waals surface area contributed by atoms with Crippen molar-refractivity contribution in [2.45, 2.75) is 31.9 Å². The Morgan fingerprint density at radius 3 is 2.59 bits per heavy atom. The van der Waals surface area contributed by atoms with Gasteiger partial charge < -0.3 is 14.4 Å². The van der Waals surface area contributed by atoms with Crippen LogP contribution in [0.25, 0.3) is 0 Å². The maximum Gasteiger partial charge on any atom is 0.409 e. The van der Waals surface area contributed by atoms with Crippen molar-refractivity contribution in [3.05, 3.63) is 0 Å². The SMILES string of the molecule is C[Si](C)(C)CCOC(=O)N1C[C@@H](C=O)[C@@H](F)C1. The number of likely N-dealkylation sites (tertiary alicyclic amines) is 1. The fourth-order valence-corrected chi connectivity index (χ4v) is 2.32. The van der Waals surface area contributed by atoms with Crippen LogP contribution in [0.3, 0.4) is 0 Å². The van der Waals surface area contributed by atoms with Gasteiger partial charge in [-0.1, -0.05) is 19.6 Å². The highest BCUT2D eigenvalue weighted by Crippen LogP contribution is 2.19. The molecular weight excluding hydrogens is 241 g/mol. The molecule has 0 aromatic rings. The number of carbonyl (C=O) groups excluding carboxylic acids is 2. The standard InChI is InChI=1S/C11H20FNO3Si/c1-17(2,3)5-4-16-11(15)13-6-9(8-14)10(12)7-13/h8-10H,4-7H2,1-3H3/t9-,10-/m0/s1. The molecule has 1 amide bonds. The third-order valence-corrected chi connectivity index (χ3v) is 4.51. The molecule has 1 rings (SSSR count). The molecule has 1 aliphatic heterocycles. The third kappa shape index (κ3) is 4.45. The molecule has 98 valence electrons. The minimum absolute atomic E-state index is 0.0326. The van der Waals surface area contributed by atoms with Crippen molar-refractivity contribution in [3.63, 3.8) is 0 Å². The third-order valence-electron chi connectivity index (χ3n) is 2.80. The van der Waals surface area contributed by atoms with Gasteiger partial charge in [0.15, 0.2) is 0 Å². The van der Waals surface area contributed by atoms with Crippen molar-refractivity contribution in [2.75, 3.05) is 19.7 Å². The van der Waals surface area contributed by atoms with Crippen LogP contribution in [-0.4, -0.2) is 51.2 Å². The van der Waals surface area contributed by atoms with Crippen molar-refractivity contribution in [1.82, 2.24) is 4.90 Å². The summed E-state index contributed by atoms with van der Waals surface area (Å²) >= 11 is 0. The first-order valence-corrected chi connectivity index (χ1v) is 9.55. The maximum absolute atomic E-state index is 13.2. The van der Waals surface area contributed by atoms with Gasteiger partial charge in [-0.2, -0.15) is 0 Å². The largest absolute Gasteiger partial charge is 0.450 e. The zero-order valence-electron chi connectivity index (χ0n) is 10.6. The van der Waals surface area contributed by atoms with Gasteiger partial charge in [0.1, 0.15) is 12.5 Å². The van der Waals surface area contributed by atoms with Crippen LogP contribution in [0, 0.1) is 5.92 Å². The summed E-state index contributed by atoms with van der Waals surface area (Å²) in [6.07, 6.45) is -1.19. The number of ether oxygens (including phenoxy) is 1. The lowest BCUT2D eigenvalue weighted by Gasteiger charge is -2.18. The van der Waals surface area contributed by atoms with E-state index in [1.54, 1.807) is 0 Å². The van der Waals surface area contributed by atoms with Gasteiger partial charge in [0.25, 0.3) is 0 Å². The van der Waals surface area contributed by atoms with Gasteiger partial charge >= 0.3 is 6.09 Å². The molecule has 0 aliphatic carbocycles. The molecule has 1 aliphatic rings. The van der Waals surface area contributed by atoms with E-state index in [9.17, 15) is 14.0 Å². The first-order valence-electron chi connectivity index (χ1n) is 5.84. The molecule has 2 atom stereocenters. The van der Waals surface area contributed by atoms with Crippen LogP contribution >= 0.6 is 0 Å². The van der Waals surface area contributed by atoms with E-state index in [4.69, 9.17) is 4.74 Å². The monoisotopic (exact) mass is 261 g/mol. The Balaban J connectivity index is 2.32. The van der Waals surface area contributed by atoms with Crippen LogP contribution in [0.2, 0.25) is 25.7 Å². The minimum atomic E-state index is -1.25. The summed E-state index contributed by atoms with van der Waals surface area (Å²) < 4.78 is 18.3. The van der Waals surface area contributed by atoms with Crippen LogP contribution < -0.4 is 0 Å². The number of rotatable bonds is 4. The highest BCUT2D eigenvalue weighted by Gasteiger charge is 2.35. The van der Waals surface area contributed by atoms with Crippen LogP contribution in [0.5, 0.6) is 0 Å². The second-order valence-corrected chi connectivity index (χ2v) is 11.3. The fraction of sp³-hybridized carbons (Fsp3) is 0.818. The topological polar surface area (TPSA) is 46.6 Å². The number of carbonyl (C=O) groups is 2. The second kappa shape index (κ2) is 5.62. The van der Waals surface area contributed by atoms with Crippen LogP contribution in [0.1, 0.15) is 0 Å². The van der Waals surface area contributed by atoms with Crippen molar-refractivity contribution in [1.29, 1.82) is 0 Å². The predicted molar refractivity (Wildman–Crippen MR) is 65.5 cm³/mol. The Hall–Kier alpha value is -0.913. The summed E-state index contributed by atoms with van der Waals surface area (Å²) in [5.41, 5.74) is 0. The normalized spacial score (nSPS) is 24.8. The molecule has 0 unspecified atom stereocenters. The van der Waals surface area contributed by atoms with E-state index < -0.39 is 26.3 Å². The number of alkyl halides is 1. The Bertz CT molecular complexity index is 293. The molecule has 0 aromatic carbocycles. The molecule has 0 saturated carbocycles. The number of hydrogen-bond donors (Lipinski definition) is 0. The van der Waals surface area contributed by atoms with Gasteiger partial charge in [-0.3, -0.25) is 0 Å². The highest BCUT2D eigenvalue weighted by molar-refractivity contribution is 6.76. The lowest BCUT2D eigenvalue weighted by molar-refractivity contribution is -0.111. The lowest BCUT2D eigenvalue weighted by atomic mass is 10.1. The molecule has 1 saturated heterocycles. The van der Waals surface area contributed by atoms with Gasteiger partial charge in [0.2, 0.25) is 0 Å². The molecule has 1 fully saturated rings. The molecule has 0 aromatic heterocycles. The van der Waals surface area contributed by atoms with Crippen molar-refractivity contribution in [3.8, 4) is 0 Å². The summed E-state index contributed by atoms with van der Waals surface area (Å²) in [4.78, 5) is 23.4. The first kappa shape index (κ1) is 14.1. The summed E-state index contributed by atoms with van der Waals surface area (Å²) in [5, 5.41) is 0. The van der Waals surface area contributed by atoms with Gasteiger partial charge in [-0.05, 0) is 6.04 Å². The van der Waals surface area contributed by atoms with Gasteiger partial charge in [0, 0.05) is 14.6 Å². The van der Waals surface area contributed by atoms with Crippen molar-refractivity contribution >= 4 is 20.5 Å². The number of hydrogen-bond acceptors (Lipinski definition) is 3. The molecule has 4 nitrogen and oxygen atoms in total. The predicted octanol–water partition coefficient (Wildman–Crippen LogP) is 1.93. The average molecular weight is 261 g/mol. The fourth-order valence-electron chi connectivity index (χ4n) is 1.60. The van der Waals surface area contributed by atoms with E-state index in [1.165, 1.54) is 4.90 Å². The van der Waals surface area contributed by atoms with Crippen molar-refractivity contribution in [2.24, 2.45) is 5.92 Å². The van der Waals surface area contributed by atoms with Gasteiger partial charge in [-0.15, -0.1) is 0 Å². The Labute approximate surface area is 102 Å². The van der Waals surface area contributed by atoms with E-state index in [0.29, 0.717) is 12.9 Å². The smallest absolute Gasteiger partial charge is 0.409 e. The quantitative estimate of drug-likeness (QED) is 0.574. The molecule has 0 radical (unpaired) electrons. The van der Waals surface area contributed by atoms with E-state index in [1.807, 2.05) is 0 Å². The highest BCUT2D eigenvalue weighted by atomic mass is 28.3. The van der Waals surface area contributed by atoms with Crippen LogP contribution in [0.4, 0.5) is 9.18 Å². The Morgan fingerprint density at radius 1 is 1.47 bits per heavy atom. The molecule has 0 spiro atoms. The molecule has 0 bridgehead atoms. The molecule has 1 heterocycles. The summed E-state index contributed by atoms with van der Waals surface area (Å²) in [6, 6.07) is 0.892. The molecular formula is C11H20FNO3Si. The zero-order chi connectivity index (χ0) is 13.1. The van der Waals surface area contributed by atoms with Crippen LogP contribution in [-0.2, 0) is 9.53 Å². The summed E-state index contributed by atoms with van der Waals surface area (Å²) in [6.45, 7) is 7.06. The van der Waals surface area contributed by atoms with Crippen molar-refractivity contribution < 1.29 is 18.7 Å². The van der Waals surface area contributed by atoms with E-state index in [2.05, 4.69) is 19.6 Å². The zero-order valence-corrected chi connectivity index (χ0v) is 11.6. The number of halogens is 1. The lowest BCUT2D eigenvalue weighted by Crippen LogP contribution is -2.31. The summed E-state index contributed by atoms with van der Waals surface area (Å²) in [5.74, 6) is -0.695. The number of amides is 1. The first-order chi connectivity index (χ1) is 7.83. The maximum atomic E-state index is 13.2. The Morgan fingerprint density at radius 2 is 2.12 bits per heavy atom. The molecule has 6 heteroatoms. The number of nitrogens with zero attached hydrogens (tertiary/aromatic N) is 1. The van der Waals surface area contributed by atoms with E-state index in [0.717, 1.165) is 6.04 Å². The second-order valence-electron chi connectivity index (χ2n) is 5.65. The Kier molecular flexibility index (Phi) is 4.67. The van der Waals surface area contributed by atoms with Crippen LogP contribution in [0.15, 0.2) is 0 Å². The average Bonchev–Trinajstić information content (AvgIpc) is 2.57. The van der Waals surface area contributed by atoms with Gasteiger partial charge in [-0.25, -0.2) is 9.18 Å².